The normalized spacial score (nSPS) is 15.1. The number of carbonyl (C=O) groups excluding carboxylic acids is 1. The molecule has 3 aromatic rings. The number of non-ortho nitro benzene ring substituents is 1. The monoisotopic (exact) mass is 516 g/mol. The van der Waals surface area contributed by atoms with Crippen LogP contribution >= 0.6 is 11.3 Å². The number of nitrogens with two attached hydrogens (primary N) is 2. The van der Waals surface area contributed by atoms with Gasteiger partial charge in [0.25, 0.3) is 15.7 Å². The Balaban J connectivity index is 1.45. The Kier molecular flexibility index (Phi) is 7.00. The molecular weight excluding hydrogens is 492 g/mol. The Bertz CT molecular complexity index is 1370. The van der Waals surface area contributed by atoms with Crippen molar-refractivity contribution in [3.63, 3.8) is 0 Å². The first kappa shape index (κ1) is 24.6. The molecule has 1 fully saturated rings. The van der Waals surface area contributed by atoms with E-state index >= 15 is 0 Å². The molecule has 1 aromatic carbocycles. The fourth-order valence-electron chi connectivity index (χ4n) is 3.96. The number of rotatable bonds is 8. The van der Waals surface area contributed by atoms with Crippen molar-refractivity contribution in [2.45, 2.75) is 29.5 Å². The highest BCUT2D eigenvalue weighted by Gasteiger charge is 2.31. The number of hydrogen-bond donors (Lipinski definition) is 3. The number of carbonyl (C=O) groups is 1. The minimum atomic E-state index is -3.70. The van der Waals surface area contributed by atoms with Crippen LogP contribution < -0.4 is 16.8 Å². The molecule has 35 heavy (non-hydrogen) atoms. The molecule has 4 rings (SSSR count). The molecule has 1 saturated heterocycles. The lowest BCUT2D eigenvalue weighted by molar-refractivity contribution is -0.384. The third-order valence-electron chi connectivity index (χ3n) is 5.79. The maximum absolute atomic E-state index is 13.2. The van der Waals surface area contributed by atoms with E-state index in [2.05, 4.69) is 10.3 Å². The SMILES string of the molecule is NC(=O)c1ccc([N+](=O)[O-])cc1Cc1ccc(S(=O)(=O)N2CCC(Nc3ncccc3N)CC2)s1. The third-order valence-corrected chi connectivity index (χ3v) is 9.25. The van der Waals surface area contributed by atoms with Gasteiger partial charge in [0.1, 0.15) is 10.0 Å². The summed E-state index contributed by atoms with van der Waals surface area (Å²) in [7, 11) is -3.70. The van der Waals surface area contributed by atoms with Gasteiger partial charge in [0, 0.05) is 54.3 Å². The standard InChI is InChI=1S/C22H24N6O5S2/c23-19-2-1-9-25-22(19)26-15-7-10-27(11-8-15)35(32,33)20-6-4-17(34-20)13-14-12-16(28(30)31)3-5-18(14)21(24)29/h1-6,9,12,15H,7-8,10-11,13,23H2,(H2,24,29)(H,25,26). The number of benzene rings is 1. The van der Waals surface area contributed by atoms with Crippen LogP contribution in [0.15, 0.2) is 52.9 Å². The molecule has 1 aliphatic heterocycles. The Hall–Kier alpha value is -3.55. The summed E-state index contributed by atoms with van der Waals surface area (Å²) in [6.07, 6.45) is 3.00. The van der Waals surface area contributed by atoms with Gasteiger partial charge in [0.2, 0.25) is 5.91 Å². The highest BCUT2D eigenvalue weighted by Crippen LogP contribution is 2.30. The van der Waals surface area contributed by atoms with Crippen LogP contribution in [-0.2, 0) is 16.4 Å². The van der Waals surface area contributed by atoms with Gasteiger partial charge in [-0.05, 0) is 48.7 Å². The summed E-state index contributed by atoms with van der Waals surface area (Å²) in [5.74, 6) is -0.114. The number of nitro groups is 1. The molecule has 0 bridgehead atoms. The van der Waals surface area contributed by atoms with Crippen molar-refractivity contribution in [2.75, 3.05) is 24.1 Å². The maximum Gasteiger partial charge on any atom is 0.269 e. The lowest BCUT2D eigenvalue weighted by atomic mass is 10.0. The van der Waals surface area contributed by atoms with Crippen LogP contribution in [0.25, 0.3) is 0 Å². The van der Waals surface area contributed by atoms with Crippen molar-refractivity contribution in [1.29, 1.82) is 0 Å². The molecule has 1 aliphatic rings. The molecule has 13 heteroatoms. The first-order valence-corrected chi connectivity index (χ1v) is 13.0. The van der Waals surface area contributed by atoms with E-state index in [1.165, 1.54) is 28.6 Å². The van der Waals surface area contributed by atoms with Crippen LogP contribution in [0.4, 0.5) is 17.2 Å². The molecule has 0 atom stereocenters. The van der Waals surface area contributed by atoms with E-state index in [9.17, 15) is 23.3 Å². The average Bonchev–Trinajstić information content (AvgIpc) is 3.30. The molecule has 0 radical (unpaired) electrons. The van der Waals surface area contributed by atoms with Crippen LogP contribution in [0.1, 0.15) is 33.6 Å². The highest BCUT2D eigenvalue weighted by molar-refractivity contribution is 7.91. The van der Waals surface area contributed by atoms with Crippen LogP contribution in [-0.4, -0.2) is 47.7 Å². The summed E-state index contributed by atoms with van der Waals surface area (Å²) >= 11 is 1.07. The molecule has 0 unspecified atom stereocenters. The lowest BCUT2D eigenvalue weighted by Crippen LogP contribution is -2.42. The Morgan fingerprint density at radius 1 is 1.23 bits per heavy atom. The maximum atomic E-state index is 13.2. The molecule has 0 saturated carbocycles. The zero-order valence-electron chi connectivity index (χ0n) is 18.6. The molecular formula is C22H24N6O5S2. The van der Waals surface area contributed by atoms with Gasteiger partial charge in [-0.15, -0.1) is 11.3 Å². The number of nitrogens with zero attached hydrogens (tertiary/aromatic N) is 3. The largest absolute Gasteiger partial charge is 0.396 e. The number of primary amides is 1. The number of aromatic nitrogens is 1. The predicted octanol–water partition coefficient (Wildman–Crippen LogP) is 2.59. The third kappa shape index (κ3) is 5.42. The van der Waals surface area contributed by atoms with E-state index in [4.69, 9.17) is 11.5 Å². The number of thiophene rings is 1. The van der Waals surface area contributed by atoms with Gasteiger partial charge in [-0.3, -0.25) is 14.9 Å². The van der Waals surface area contributed by atoms with Crippen molar-refractivity contribution in [3.8, 4) is 0 Å². The molecule has 0 aliphatic carbocycles. The van der Waals surface area contributed by atoms with Gasteiger partial charge in [-0.1, -0.05) is 0 Å². The van der Waals surface area contributed by atoms with Crippen molar-refractivity contribution >= 4 is 44.5 Å². The number of pyridine rings is 1. The summed E-state index contributed by atoms with van der Waals surface area (Å²) < 4.78 is 28.1. The fraction of sp³-hybridized carbons (Fsp3) is 0.273. The van der Waals surface area contributed by atoms with Gasteiger partial charge in [0.05, 0.1) is 10.6 Å². The van der Waals surface area contributed by atoms with Gasteiger partial charge < -0.3 is 16.8 Å². The van der Waals surface area contributed by atoms with Crippen molar-refractivity contribution in [2.24, 2.45) is 5.73 Å². The van der Waals surface area contributed by atoms with E-state index in [0.717, 1.165) is 11.3 Å². The smallest absolute Gasteiger partial charge is 0.269 e. The number of nitrogen functional groups attached to an aromatic ring is 1. The molecule has 3 heterocycles. The minimum absolute atomic E-state index is 0.0543. The lowest BCUT2D eigenvalue weighted by Gasteiger charge is -2.31. The number of anilines is 2. The summed E-state index contributed by atoms with van der Waals surface area (Å²) in [6.45, 7) is 0.688. The molecule has 11 nitrogen and oxygen atoms in total. The number of hydrogen-bond acceptors (Lipinski definition) is 9. The topological polar surface area (TPSA) is 175 Å². The summed E-state index contributed by atoms with van der Waals surface area (Å²) in [5, 5.41) is 14.4. The van der Waals surface area contributed by atoms with Crippen LogP contribution in [0, 0.1) is 10.1 Å². The van der Waals surface area contributed by atoms with Crippen LogP contribution in [0.2, 0.25) is 0 Å². The molecule has 2 aromatic heterocycles. The van der Waals surface area contributed by atoms with Gasteiger partial charge in [-0.2, -0.15) is 4.31 Å². The van der Waals surface area contributed by atoms with E-state index in [1.807, 2.05) is 0 Å². The summed E-state index contributed by atoms with van der Waals surface area (Å²) in [6, 6.07) is 10.6. The minimum Gasteiger partial charge on any atom is -0.396 e. The van der Waals surface area contributed by atoms with E-state index in [1.54, 1.807) is 24.4 Å². The van der Waals surface area contributed by atoms with Crippen molar-refractivity contribution in [1.82, 2.24) is 9.29 Å². The zero-order valence-corrected chi connectivity index (χ0v) is 20.2. The van der Waals surface area contributed by atoms with E-state index in [0.29, 0.717) is 47.9 Å². The number of nitrogens with one attached hydrogen (secondary N) is 1. The number of sulfonamides is 1. The second kappa shape index (κ2) is 9.98. The second-order valence-electron chi connectivity index (χ2n) is 8.12. The molecule has 0 spiro atoms. The number of nitro benzene ring substituents is 1. The zero-order chi connectivity index (χ0) is 25.2. The van der Waals surface area contributed by atoms with Crippen molar-refractivity contribution in [3.05, 3.63) is 74.8 Å². The second-order valence-corrected chi connectivity index (χ2v) is 11.5. The number of amides is 1. The summed E-state index contributed by atoms with van der Waals surface area (Å²) in [5.41, 5.74) is 12.2. The quantitative estimate of drug-likeness (QED) is 0.302. The molecule has 184 valence electrons. The van der Waals surface area contributed by atoms with Gasteiger partial charge in [-0.25, -0.2) is 13.4 Å². The Morgan fingerprint density at radius 3 is 2.63 bits per heavy atom. The summed E-state index contributed by atoms with van der Waals surface area (Å²) in [4.78, 5) is 27.2. The van der Waals surface area contributed by atoms with E-state index < -0.39 is 20.9 Å². The Labute approximate surface area is 206 Å². The first-order valence-electron chi connectivity index (χ1n) is 10.8. The fourth-order valence-corrected chi connectivity index (χ4v) is 6.96. The van der Waals surface area contributed by atoms with E-state index in [-0.39, 0.29) is 27.9 Å². The van der Waals surface area contributed by atoms with Crippen LogP contribution in [0.3, 0.4) is 0 Å². The van der Waals surface area contributed by atoms with Crippen molar-refractivity contribution < 1.29 is 18.1 Å². The van der Waals surface area contributed by atoms with Gasteiger partial charge in [0.15, 0.2) is 0 Å². The predicted molar refractivity (Wildman–Crippen MR) is 133 cm³/mol. The molecule has 1 amide bonds. The van der Waals surface area contributed by atoms with Crippen LogP contribution in [0.5, 0.6) is 0 Å². The highest BCUT2D eigenvalue weighted by atomic mass is 32.2. The Morgan fingerprint density at radius 2 is 1.97 bits per heavy atom. The molecule has 5 N–H and O–H groups in total. The first-order chi connectivity index (χ1) is 16.6. The van der Waals surface area contributed by atoms with Gasteiger partial charge >= 0.3 is 0 Å². The average molecular weight is 517 g/mol. The number of piperidine rings is 1.